The molecule has 1 aliphatic heterocycles. The van der Waals surface area contributed by atoms with Crippen LogP contribution >= 0.6 is 33.9 Å². The Hall–Kier alpha value is -1.68. The Bertz CT molecular complexity index is 842. The van der Waals surface area contributed by atoms with Gasteiger partial charge in [-0.2, -0.15) is 0 Å². The van der Waals surface area contributed by atoms with Crippen LogP contribution < -0.4 is 10.1 Å². The average Bonchev–Trinajstić information content (AvgIpc) is 3.11. The summed E-state index contributed by atoms with van der Waals surface area (Å²) in [4.78, 5) is 31.5. The third-order valence-electron chi connectivity index (χ3n) is 5.13. The van der Waals surface area contributed by atoms with Crippen LogP contribution in [0, 0.1) is 22.6 Å². The Labute approximate surface area is 182 Å². The summed E-state index contributed by atoms with van der Waals surface area (Å²) in [5.41, 5.74) is 1.61. The number of amides is 2. The second-order valence-electron chi connectivity index (χ2n) is 7.10. The minimum absolute atomic E-state index is 0.0233. The summed E-state index contributed by atoms with van der Waals surface area (Å²) < 4.78 is 6.69. The fraction of sp³-hybridized carbons (Fsp3) is 0.450. The van der Waals surface area contributed by atoms with Crippen LogP contribution in [-0.4, -0.2) is 41.0 Å². The van der Waals surface area contributed by atoms with Crippen molar-refractivity contribution in [3.63, 3.8) is 0 Å². The van der Waals surface area contributed by atoms with Crippen molar-refractivity contribution in [3.8, 4) is 5.75 Å². The first-order valence-electron chi connectivity index (χ1n) is 9.30. The monoisotopic (exact) mass is 513 g/mol. The Morgan fingerprint density at radius 1 is 1.29 bits per heavy atom. The number of nitrogens with zero attached hydrogens (tertiary/aromatic N) is 2. The molecule has 1 N–H and O–H groups in total. The predicted molar refractivity (Wildman–Crippen MR) is 118 cm³/mol. The highest BCUT2D eigenvalue weighted by Crippen LogP contribution is 2.25. The van der Waals surface area contributed by atoms with Crippen LogP contribution in [0.25, 0.3) is 0 Å². The molecule has 2 aromatic heterocycles. The highest BCUT2D eigenvalue weighted by atomic mass is 127. The summed E-state index contributed by atoms with van der Waals surface area (Å²) >= 11 is 3.71. The lowest BCUT2D eigenvalue weighted by Gasteiger charge is -2.34. The van der Waals surface area contributed by atoms with Gasteiger partial charge in [0.05, 0.1) is 13.5 Å². The van der Waals surface area contributed by atoms with Gasteiger partial charge in [0.15, 0.2) is 5.75 Å². The van der Waals surface area contributed by atoms with E-state index in [1.54, 1.807) is 11.1 Å². The van der Waals surface area contributed by atoms with Gasteiger partial charge in [-0.05, 0) is 85.9 Å². The Kier molecular flexibility index (Phi) is 6.92. The number of hydrogen-bond donors (Lipinski definition) is 1. The number of carbonyl (C=O) groups excluding carboxylic acids is 2. The van der Waals surface area contributed by atoms with Crippen molar-refractivity contribution in [3.05, 3.63) is 43.4 Å². The molecule has 6 nitrogen and oxygen atoms in total. The number of aryl methyl sites for hydroxylation is 2. The molecule has 1 aliphatic rings. The van der Waals surface area contributed by atoms with E-state index in [-0.39, 0.29) is 18.0 Å². The van der Waals surface area contributed by atoms with Gasteiger partial charge in [-0.15, -0.1) is 11.3 Å². The maximum atomic E-state index is 12.5. The van der Waals surface area contributed by atoms with Gasteiger partial charge in [0.2, 0.25) is 0 Å². The third-order valence-corrected chi connectivity index (χ3v) is 7.02. The van der Waals surface area contributed by atoms with Gasteiger partial charge in [-0.25, -0.2) is 4.79 Å². The molecule has 2 aromatic rings. The number of hydrogen-bond acceptors (Lipinski definition) is 5. The molecule has 1 fully saturated rings. The first kappa shape index (κ1) is 21.0. The average molecular weight is 513 g/mol. The summed E-state index contributed by atoms with van der Waals surface area (Å²) in [6.07, 6.45) is 3.05. The fourth-order valence-electron chi connectivity index (χ4n) is 3.40. The number of halogens is 1. The molecule has 0 radical (unpaired) electrons. The van der Waals surface area contributed by atoms with Crippen LogP contribution in [0.2, 0.25) is 0 Å². The number of ether oxygens (including phenoxy) is 1. The highest BCUT2D eigenvalue weighted by molar-refractivity contribution is 14.1. The molecular formula is C20H24IN3O3S. The van der Waals surface area contributed by atoms with Crippen molar-refractivity contribution in [2.24, 2.45) is 5.92 Å². The molecule has 0 spiro atoms. The molecule has 8 heteroatoms. The lowest BCUT2D eigenvalue weighted by atomic mass is 9.90. The van der Waals surface area contributed by atoms with Crippen molar-refractivity contribution in [1.29, 1.82) is 0 Å². The number of thiophene rings is 1. The maximum Gasteiger partial charge on any atom is 0.415 e. The van der Waals surface area contributed by atoms with Gasteiger partial charge in [0.1, 0.15) is 0 Å². The van der Waals surface area contributed by atoms with Crippen LogP contribution in [-0.2, 0) is 0 Å². The topological polar surface area (TPSA) is 71.5 Å². The quantitative estimate of drug-likeness (QED) is 0.616. The van der Waals surface area contributed by atoms with Gasteiger partial charge in [-0.3, -0.25) is 9.78 Å². The van der Waals surface area contributed by atoms with Crippen molar-refractivity contribution < 1.29 is 14.3 Å². The molecule has 3 heterocycles. The number of likely N-dealkylation sites (tertiary alicyclic amines) is 1. The molecule has 1 atom stereocenters. The van der Waals surface area contributed by atoms with E-state index < -0.39 is 0 Å². The number of nitrogens with one attached hydrogen (secondary N) is 1. The first-order valence-corrected chi connectivity index (χ1v) is 11.2. The van der Waals surface area contributed by atoms with E-state index in [1.807, 2.05) is 39.0 Å². The molecule has 1 saturated heterocycles. The lowest BCUT2D eigenvalue weighted by Crippen LogP contribution is -2.46. The van der Waals surface area contributed by atoms with Gasteiger partial charge >= 0.3 is 6.09 Å². The molecule has 150 valence electrons. The minimum Gasteiger partial charge on any atom is -0.408 e. The van der Waals surface area contributed by atoms with Gasteiger partial charge < -0.3 is 15.0 Å². The molecule has 0 unspecified atom stereocenters. The number of carbonyl (C=O) groups is 2. The van der Waals surface area contributed by atoms with E-state index in [9.17, 15) is 9.59 Å². The summed E-state index contributed by atoms with van der Waals surface area (Å²) in [6, 6.07) is 5.70. The number of rotatable bonds is 4. The van der Waals surface area contributed by atoms with E-state index >= 15 is 0 Å². The molecule has 0 bridgehead atoms. The van der Waals surface area contributed by atoms with E-state index in [1.165, 1.54) is 11.3 Å². The van der Waals surface area contributed by atoms with E-state index in [2.05, 4.69) is 32.9 Å². The van der Waals surface area contributed by atoms with Crippen molar-refractivity contribution >= 4 is 45.9 Å². The standard InChI is InChI=1S/C20H24IN3O3S/c1-12-6-9-22-14(3)18(12)27-20(26)24-10-7-15(8-11-24)13(2)23-19(25)16-4-5-17(21)28-16/h4-6,9,13,15H,7-8,10-11H2,1-3H3,(H,23,25)/t13-/m1/s1. The van der Waals surface area contributed by atoms with Gasteiger partial charge in [0, 0.05) is 25.3 Å². The van der Waals surface area contributed by atoms with Crippen molar-refractivity contribution in [2.45, 2.75) is 39.7 Å². The maximum absolute atomic E-state index is 12.5. The second kappa shape index (κ2) is 9.21. The molecular weight excluding hydrogens is 489 g/mol. The van der Waals surface area contributed by atoms with Crippen LogP contribution in [0.3, 0.4) is 0 Å². The molecule has 0 aliphatic carbocycles. The molecule has 0 saturated carbocycles. The number of aromatic nitrogens is 1. The Balaban J connectivity index is 1.51. The second-order valence-corrected chi connectivity index (χ2v) is 10.1. The van der Waals surface area contributed by atoms with Crippen LogP contribution in [0.15, 0.2) is 24.4 Å². The predicted octanol–water partition coefficient (Wildman–Crippen LogP) is 4.39. The highest BCUT2D eigenvalue weighted by Gasteiger charge is 2.29. The lowest BCUT2D eigenvalue weighted by molar-refractivity contribution is 0.0899. The summed E-state index contributed by atoms with van der Waals surface area (Å²) in [5, 5.41) is 3.10. The first-order chi connectivity index (χ1) is 13.3. The van der Waals surface area contributed by atoms with Crippen LogP contribution in [0.4, 0.5) is 4.79 Å². The molecule has 28 heavy (non-hydrogen) atoms. The smallest absolute Gasteiger partial charge is 0.408 e. The summed E-state index contributed by atoms with van der Waals surface area (Å²) in [7, 11) is 0. The van der Waals surface area contributed by atoms with Crippen LogP contribution in [0.1, 0.15) is 40.7 Å². The zero-order chi connectivity index (χ0) is 20.3. The van der Waals surface area contributed by atoms with E-state index in [0.717, 1.165) is 26.2 Å². The van der Waals surface area contributed by atoms with Gasteiger partial charge in [0.25, 0.3) is 5.91 Å². The number of pyridine rings is 1. The summed E-state index contributed by atoms with van der Waals surface area (Å²) in [6.45, 7) is 7.03. The largest absolute Gasteiger partial charge is 0.415 e. The van der Waals surface area contributed by atoms with E-state index in [0.29, 0.717) is 30.5 Å². The molecule has 0 aromatic carbocycles. The Morgan fingerprint density at radius 2 is 2.00 bits per heavy atom. The van der Waals surface area contributed by atoms with Crippen molar-refractivity contribution in [1.82, 2.24) is 15.2 Å². The van der Waals surface area contributed by atoms with Crippen LogP contribution in [0.5, 0.6) is 5.75 Å². The zero-order valence-electron chi connectivity index (χ0n) is 16.2. The van der Waals surface area contributed by atoms with E-state index in [4.69, 9.17) is 4.74 Å². The minimum atomic E-state index is -0.331. The van der Waals surface area contributed by atoms with Crippen molar-refractivity contribution in [2.75, 3.05) is 13.1 Å². The van der Waals surface area contributed by atoms with Gasteiger partial charge in [-0.1, -0.05) is 0 Å². The number of piperidine rings is 1. The molecule has 2 amide bonds. The summed E-state index contributed by atoms with van der Waals surface area (Å²) in [5.74, 6) is 0.861. The third kappa shape index (κ3) is 5.02. The zero-order valence-corrected chi connectivity index (χ0v) is 19.2. The fourth-order valence-corrected chi connectivity index (χ4v) is 4.93. The Morgan fingerprint density at radius 3 is 2.61 bits per heavy atom. The molecule has 3 rings (SSSR count). The SMILES string of the molecule is Cc1ccnc(C)c1OC(=O)N1CCC([C@@H](C)NC(=O)c2ccc(I)s2)CC1. The normalized spacial score (nSPS) is 15.9.